The molecule has 0 saturated carbocycles. The van der Waals surface area contributed by atoms with Crippen LogP contribution in [0.5, 0.6) is 0 Å². The maximum atomic E-state index is 11.6. The van der Waals surface area contributed by atoms with Gasteiger partial charge >= 0.3 is 11.9 Å². The first kappa shape index (κ1) is 18.4. The number of carbonyl (C=O) groups excluding carboxylic acids is 3. The van der Waals surface area contributed by atoms with E-state index < -0.39 is 23.9 Å². The van der Waals surface area contributed by atoms with E-state index in [-0.39, 0.29) is 6.54 Å². The van der Waals surface area contributed by atoms with Gasteiger partial charge in [-0.3, -0.25) is 9.59 Å². The van der Waals surface area contributed by atoms with Gasteiger partial charge < -0.3 is 15.4 Å². The Bertz CT molecular complexity index is 543. The van der Waals surface area contributed by atoms with Crippen LogP contribution in [0.2, 0.25) is 0 Å². The molecule has 1 atom stereocenters. The molecular formula is C17H22N2O4. The van der Waals surface area contributed by atoms with Gasteiger partial charge in [0, 0.05) is 13.1 Å². The Morgan fingerprint density at radius 3 is 2.57 bits per heavy atom. The van der Waals surface area contributed by atoms with E-state index in [9.17, 15) is 14.4 Å². The molecule has 0 radical (unpaired) electrons. The fourth-order valence-electron chi connectivity index (χ4n) is 1.80. The van der Waals surface area contributed by atoms with Crippen molar-refractivity contribution >= 4 is 17.8 Å². The van der Waals surface area contributed by atoms with Crippen molar-refractivity contribution in [1.29, 1.82) is 0 Å². The summed E-state index contributed by atoms with van der Waals surface area (Å²) >= 11 is 0. The zero-order valence-electron chi connectivity index (χ0n) is 13.2. The number of esters is 1. The molecule has 0 aromatic heterocycles. The number of hydrogen-bond donors (Lipinski definition) is 2. The lowest BCUT2D eigenvalue weighted by Crippen LogP contribution is -2.40. The summed E-state index contributed by atoms with van der Waals surface area (Å²) in [6.07, 6.45) is 1.98. The van der Waals surface area contributed by atoms with Crippen molar-refractivity contribution in [3.05, 3.63) is 48.6 Å². The lowest BCUT2D eigenvalue weighted by atomic mass is 10.1. The highest BCUT2D eigenvalue weighted by atomic mass is 16.6. The van der Waals surface area contributed by atoms with Gasteiger partial charge in [0.25, 0.3) is 5.91 Å². The average molecular weight is 318 g/mol. The van der Waals surface area contributed by atoms with Crippen LogP contribution in [0.4, 0.5) is 0 Å². The highest BCUT2D eigenvalue weighted by molar-refractivity contribution is 6.32. The fourth-order valence-corrected chi connectivity index (χ4v) is 1.80. The van der Waals surface area contributed by atoms with Crippen molar-refractivity contribution in [2.75, 3.05) is 13.1 Å². The van der Waals surface area contributed by atoms with Crippen LogP contribution < -0.4 is 10.6 Å². The quantitative estimate of drug-likeness (QED) is 0.324. The summed E-state index contributed by atoms with van der Waals surface area (Å²) in [6, 6.07) is 9.83. The van der Waals surface area contributed by atoms with Crippen LogP contribution >= 0.6 is 0 Å². The van der Waals surface area contributed by atoms with E-state index in [2.05, 4.69) is 17.2 Å². The molecule has 0 saturated heterocycles. The number of rotatable bonds is 8. The van der Waals surface area contributed by atoms with Gasteiger partial charge in [0.1, 0.15) is 0 Å². The van der Waals surface area contributed by atoms with E-state index >= 15 is 0 Å². The maximum absolute atomic E-state index is 11.6. The average Bonchev–Trinajstić information content (AvgIpc) is 2.57. The van der Waals surface area contributed by atoms with Crippen molar-refractivity contribution in [2.45, 2.75) is 25.9 Å². The van der Waals surface area contributed by atoms with Crippen molar-refractivity contribution in [3.63, 3.8) is 0 Å². The zero-order valence-corrected chi connectivity index (χ0v) is 13.2. The Labute approximate surface area is 135 Å². The summed E-state index contributed by atoms with van der Waals surface area (Å²) in [7, 11) is 0. The Morgan fingerprint density at radius 2 is 1.91 bits per heavy atom. The number of ether oxygens (including phenoxy) is 1. The molecular weight excluding hydrogens is 296 g/mol. The summed E-state index contributed by atoms with van der Waals surface area (Å²) < 4.78 is 4.79. The minimum absolute atomic E-state index is 0.270. The number of benzene rings is 1. The summed E-state index contributed by atoms with van der Waals surface area (Å²) in [5, 5.41) is 4.96. The van der Waals surface area contributed by atoms with Crippen LogP contribution in [0.1, 0.15) is 18.9 Å². The summed E-state index contributed by atoms with van der Waals surface area (Å²) in [5.74, 6) is -2.39. The molecule has 124 valence electrons. The van der Waals surface area contributed by atoms with Crippen molar-refractivity contribution in [3.8, 4) is 0 Å². The van der Waals surface area contributed by atoms with E-state index in [0.29, 0.717) is 13.0 Å². The number of aryl methyl sites for hydroxylation is 1. The number of carbonyl (C=O) groups is 3. The van der Waals surface area contributed by atoms with Crippen molar-refractivity contribution < 1.29 is 19.1 Å². The Hall–Kier alpha value is -2.63. The van der Waals surface area contributed by atoms with Crippen LogP contribution in [0.3, 0.4) is 0 Å². The smallest absolute Gasteiger partial charge is 0.397 e. The van der Waals surface area contributed by atoms with Crippen LogP contribution in [0.15, 0.2) is 43.0 Å². The number of amides is 2. The van der Waals surface area contributed by atoms with Gasteiger partial charge in [-0.05, 0) is 25.3 Å². The molecule has 0 fully saturated rings. The zero-order chi connectivity index (χ0) is 17.1. The van der Waals surface area contributed by atoms with Gasteiger partial charge in [-0.2, -0.15) is 0 Å². The molecule has 1 aromatic carbocycles. The second-order valence-corrected chi connectivity index (χ2v) is 4.93. The molecule has 1 rings (SSSR count). The minimum atomic E-state index is -1.06. The topological polar surface area (TPSA) is 84.5 Å². The first-order valence-corrected chi connectivity index (χ1v) is 7.46. The van der Waals surface area contributed by atoms with Gasteiger partial charge in [0.2, 0.25) is 0 Å². The van der Waals surface area contributed by atoms with Crippen LogP contribution in [0.25, 0.3) is 0 Å². The second-order valence-electron chi connectivity index (χ2n) is 4.93. The van der Waals surface area contributed by atoms with Crippen LogP contribution in [-0.2, 0) is 25.5 Å². The van der Waals surface area contributed by atoms with Gasteiger partial charge in [-0.1, -0.05) is 36.4 Å². The molecule has 0 heterocycles. The van der Waals surface area contributed by atoms with Gasteiger partial charge in [-0.25, -0.2) is 4.79 Å². The molecule has 23 heavy (non-hydrogen) atoms. The minimum Gasteiger partial charge on any atom is -0.445 e. The van der Waals surface area contributed by atoms with Crippen molar-refractivity contribution in [1.82, 2.24) is 10.6 Å². The second kappa shape index (κ2) is 10.2. The molecule has 0 spiro atoms. The molecule has 6 heteroatoms. The van der Waals surface area contributed by atoms with E-state index in [4.69, 9.17) is 4.74 Å². The molecule has 0 bridgehead atoms. The number of hydrogen-bond acceptors (Lipinski definition) is 4. The first-order valence-electron chi connectivity index (χ1n) is 7.46. The standard InChI is InChI=1S/C17H22N2O4/c1-3-11-18-15(20)13(2)23-17(22)16(21)19-12-7-10-14-8-5-4-6-9-14/h3-6,8-9,13H,1,7,10-12H2,2H3,(H,18,20)(H,19,21)/t13-/m1/s1. The normalized spacial score (nSPS) is 11.2. The molecule has 2 amide bonds. The predicted octanol–water partition coefficient (Wildman–Crippen LogP) is 0.969. The lowest BCUT2D eigenvalue weighted by Gasteiger charge is -2.12. The third-order valence-corrected chi connectivity index (χ3v) is 3.03. The van der Waals surface area contributed by atoms with E-state index in [1.165, 1.54) is 13.0 Å². The van der Waals surface area contributed by atoms with Gasteiger partial charge in [0.15, 0.2) is 6.10 Å². The largest absolute Gasteiger partial charge is 0.445 e. The summed E-state index contributed by atoms with van der Waals surface area (Å²) in [6.45, 7) is 5.49. The van der Waals surface area contributed by atoms with Gasteiger partial charge in [-0.15, -0.1) is 6.58 Å². The summed E-state index contributed by atoms with van der Waals surface area (Å²) in [4.78, 5) is 34.7. The highest BCUT2D eigenvalue weighted by Crippen LogP contribution is 2.01. The summed E-state index contributed by atoms with van der Waals surface area (Å²) in [5.41, 5.74) is 1.16. The van der Waals surface area contributed by atoms with Gasteiger partial charge in [0.05, 0.1) is 0 Å². The first-order chi connectivity index (χ1) is 11.0. The van der Waals surface area contributed by atoms with Crippen LogP contribution in [0, 0.1) is 0 Å². The van der Waals surface area contributed by atoms with E-state index in [1.54, 1.807) is 0 Å². The number of nitrogens with one attached hydrogen (secondary N) is 2. The molecule has 2 N–H and O–H groups in total. The SMILES string of the molecule is C=CCNC(=O)[C@@H](C)OC(=O)C(=O)NCCCc1ccccc1. The monoisotopic (exact) mass is 318 g/mol. The maximum Gasteiger partial charge on any atom is 0.397 e. The molecule has 6 nitrogen and oxygen atoms in total. The van der Waals surface area contributed by atoms with E-state index in [1.807, 2.05) is 30.3 Å². The fraction of sp³-hybridized carbons (Fsp3) is 0.353. The molecule has 0 aliphatic carbocycles. The van der Waals surface area contributed by atoms with Crippen molar-refractivity contribution in [2.24, 2.45) is 0 Å². The third kappa shape index (κ3) is 7.26. The van der Waals surface area contributed by atoms with Crippen LogP contribution in [-0.4, -0.2) is 37.0 Å². The molecule has 0 aliphatic rings. The predicted molar refractivity (Wildman–Crippen MR) is 86.5 cm³/mol. The molecule has 1 aromatic rings. The Morgan fingerprint density at radius 1 is 1.22 bits per heavy atom. The third-order valence-electron chi connectivity index (χ3n) is 3.03. The Balaban J connectivity index is 2.24. The highest BCUT2D eigenvalue weighted by Gasteiger charge is 2.22. The molecule has 0 aliphatic heterocycles. The van der Waals surface area contributed by atoms with E-state index in [0.717, 1.165) is 12.0 Å². The molecule has 0 unspecified atom stereocenters. The lowest BCUT2D eigenvalue weighted by molar-refractivity contribution is -0.161. The Kier molecular flexibility index (Phi) is 8.13.